The van der Waals surface area contributed by atoms with Crippen molar-refractivity contribution < 1.29 is 23.4 Å². The summed E-state index contributed by atoms with van der Waals surface area (Å²) in [6.07, 6.45) is 0.874. The van der Waals surface area contributed by atoms with Crippen LogP contribution in [0.3, 0.4) is 0 Å². The van der Waals surface area contributed by atoms with Gasteiger partial charge >= 0.3 is 0 Å². The van der Waals surface area contributed by atoms with Gasteiger partial charge in [0.15, 0.2) is 11.5 Å². The van der Waals surface area contributed by atoms with E-state index in [-0.39, 0.29) is 29.4 Å². The molecule has 0 saturated carbocycles. The molecule has 1 amide bonds. The topological polar surface area (TPSA) is 51.2 Å². The first-order valence-corrected chi connectivity index (χ1v) is 8.08. The molecule has 3 rings (SSSR count). The molecule has 0 aliphatic carbocycles. The van der Waals surface area contributed by atoms with Crippen LogP contribution in [-0.4, -0.2) is 75.4 Å². The van der Waals surface area contributed by atoms with E-state index < -0.39 is 5.82 Å². The van der Waals surface area contributed by atoms with Gasteiger partial charge in [-0.2, -0.15) is 0 Å². The van der Waals surface area contributed by atoms with Crippen LogP contribution in [0, 0.1) is 5.82 Å². The Morgan fingerprint density at radius 2 is 2.08 bits per heavy atom. The lowest BCUT2D eigenvalue weighted by Gasteiger charge is -2.45. The van der Waals surface area contributed by atoms with Crippen LogP contribution < -0.4 is 9.47 Å². The summed E-state index contributed by atoms with van der Waals surface area (Å²) < 4.78 is 30.6. The molecule has 24 heavy (non-hydrogen) atoms. The summed E-state index contributed by atoms with van der Waals surface area (Å²) in [4.78, 5) is 16.8. The number of methoxy groups -OCH3 is 2. The molecule has 132 valence electrons. The number of ether oxygens (including phenoxy) is 3. The first kappa shape index (κ1) is 17.0. The molecule has 2 heterocycles. The number of carbonyl (C=O) groups is 1. The molecule has 1 aromatic carbocycles. The zero-order chi connectivity index (χ0) is 17.3. The minimum absolute atomic E-state index is 0.0744. The van der Waals surface area contributed by atoms with Gasteiger partial charge in [0.05, 0.1) is 33.0 Å². The van der Waals surface area contributed by atoms with Gasteiger partial charge in [-0.1, -0.05) is 0 Å². The zero-order valence-electron chi connectivity index (χ0n) is 14.3. The molecule has 1 aromatic rings. The molecule has 0 spiro atoms. The van der Waals surface area contributed by atoms with E-state index in [2.05, 4.69) is 4.90 Å². The Morgan fingerprint density at radius 1 is 1.29 bits per heavy atom. The van der Waals surface area contributed by atoms with Crippen molar-refractivity contribution in [1.82, 2.24) is 9.80 Å². The fourth-order valence-corrected chi connectivity index (χ4v) is 3.49. The Hall–Kier alpha value is -1.86. The van der Waals surface area contributed by atoms with Gasteiger partial charge in [-0.3, -0.25) is 9.69 Å². The number of fused-ring (bicyclic) bond motifs is 1. The third-order valence-corrected chi connectivity index (χ3v) is 4.86. The molecule has 2 fully saturated rings. The summed E-state index contributed by atoms with van der Waals surface area (Å²) in [5.41, 5.74) is -0.0744. The predicted molar refractivity (Wildman–Crippen MR) is 86.2 cm³/mol. The van der Waals surface area contributed by atoms with Crippen molar-refractivity contribution in [2.24, 2.45) is 0 Å². The van der Waals surface area contributed by atoms with Crippen LogP contribution in [0.25, 0.3) is 0 Å². The van der Waals surface area contributed by atoms with Crippen molar-refractivity contribution >= 4 is 5.91 Å². The second kappa shape index (κ2) is 6.94. The number of carbonyl (C=O) groups excluding carboxylic acids is 1. The van der Waals surface area contributed by atoms with Crippen molar-refractivity contribution in [2.45, 2.75) is 18.6 Å². The fraction of sp³-hybridized carbons (Fsp3) is 0.588. The Morgan fingerprint density at radius 3 is 2.79 bits per heavy atom. The number of rotatable bonds is 3. The summed E-state index contributed by atoms with van der Waals surface area (Å²) in [5.74, 6) is -0.498. The second-order valence-electron chi connectivity index (χ2n) is 6.15. The summed E-state index contributed by atoms with van der Waals surface area (Å²) >= 11 is 0. The maximum atomic E-state index is 14.4. The molecule has 0 N–H and O–H groups in total. The van der Waals surface area contributed by atoms with E-state index in [4.69, 9.17) is 14.2 Å². The smallest absolute Gasteiger partial charge is 0.260 e. The van der Waals surface area contributed by atoms with Crippen molar-refractivity contribution in [1.29, 1.82) is 0 Å². The monoisotopic (exact) mass is 338 g/mol. The highest BCUT2D eigenvalue weighted by Gasteiger charge is 2.38. The normalized spacial score (nSPS) is 24.4. The van der Waals surface area contributed by atoms with E-state index in [1.54, 1.807) is 4.90 Å². The summed E-state index contributed by atoms with van der Waals surface area (Å²) in [6.45, 7) is 2.59. The number of morpholine rings is 1. The second-order valence-corrected chi connectivity index (χ2v) is 6.15. The highest BCUT2D eigenvalue weighted by Crippen LogP contribution is 2.34. The number of hydrogen-bond donors (Lipinski definition) is 0. The van der Waals surface area contributed by atoms with Crippen molar-refractivity contribution in [3.8, 4) is 11.5 Å². The van der Waals surface area contributed by atoms with E-state index in [9.17, 15) is 9.18 Å². The van der Waals surface area contributed by atoms with Crippen LogP contribution >= 0.6 is 0 Å². The van der Waals surface area contributed by atoms with Gasteiger partial charge in [0.25, 0.3) is 5.91 Å². The predicted octanol–water partition coefficient (Wildman–Crippen LogP) is 1.39. The lowest BCUT2D eigenvalue weighted by molar-refractivity contribution is -0.0894. The zero-order valence-corrected chi connectivity index (χ0v) is 14.3. The maximum absolute atomic E-state index is 14.4. The summed E-state index contributed by atoms with van der Waals surface area (Å²) in [7, 11) is 4.90. The van der Waals surface area contributed by atoms with Crippen LogP contribution in [0.4, 0.5) is 4.39 Å². The number of likely N-dealkylation sites (N-methyl/N-ethyl adjacent to an activating group) is 1. The number of benzene rings is 1. The molecular weight excluding hydrogens is 315 g/mol. The van der Waals surface area contributed by atoms with Crippen molar-refractivity contribution in [3.63, 3.8) is 0 Å². The van der Waals surface area contributed by atoms with Crippen LogP contribution in [0.2, 0.25) is 0 Å². The third kappa shape index (κ3) is 2.93. The number of piperidine rings is 1. The average Bonchev–Trinajstić information content (AvgIpc) is 2.61. The van der Waals surface area contributed by atoms with E-state index in [1.165, 1.54) is 26.4 Å². The third-order valence-electron chi connectivity index (χ3n) is 4.86. The highest BCUT2D eigenvalue weighted by molar-refractivity contribution is 5.98. The van der Waals surface area contributed by atoms with Crippen molar-refractivity contribution in [2.75, 3.05) is 47.5 Å². The average molecular weight is 338 g/mol. The molecule has 2 aliphatic heterocycles. The minimum Gasteiger partial charge on any atom is -0.493 e. The van der Waals surface area contributed by atoms with Crippen LogP contribution in [-0.2, 0) is 4.74 Å². The Kier molecular flexibility index (Phi) is 4.91. The molecule has 2 saturated heterocycles. The van der Waals surface area contributed by atoms with Gasteiger partial charge in [-0.25, -0.2) is 4.39 Å². The van der Waals surface area contributed by atoms with E-state index in [0.29, 0.717) is 25.4 Å². The molecule has 6 nitrogen and oxygen atoms in total. The number of amides is 1. The molecule has 0 radical (unpaired) electrons. The number of likely N-dealkylation sites (tertiary alicyclic amines) is 1. The Balaban J connectivity index is 1.87. The van der Waals surface area contributed by atoms with Gasteiger partial charge in [0.1, 0.15) is 11.4 Å². The molecule has 7 heteroatoms. The first-order valence-electron chi connectivity index (χ1n) is 8.08. The van der Waals surface area contributed by atoms with Gasteiger partial charge < -0.3 is 19.1 Å². The molecule has 0 unspecified atom stereocenters. The lowest BCUT2D eigenvalue weighted by atomic mass is 9.98. The fourth-order valence-electron chi connectivity index (χ4n) is 3.49. The largest absolute Gasteiger partial charge is 0.493 e. The standard InChI is InChI=1S/C17H23FN2O4/c1-19-8-9-24-13-6-7-20(10-12(13)19)17(21)15-11(18)4-5-14(22-2)16(15)23-3/h4-5,12-13H,6-10H2,1-3H3/t12-,13+/m0/s1. The van der Waals surface area contributed by atoms with Gasteiger partial charge in [-0.05, 0) is 25.6 Å². The molecular formula is C17H23FN2O4. The van der Waals surface area contributed by atoms with Gasteiger partial charge in [0, 0.05) is 19.6 Å². The van der Waals surface area contributed by atoms with Crippen LogP contribution in [0.15, 0.2) is 12.1 Å². The molecule has 0 aromatic heterocycles. The Bertz CT molecular complexity index is 625. The molecule has 0 bridgehead atoms. The SMILES string of the molecule is COc1ccc(F)c(C(=O)N2CC[C@H]3OCCN(C)[C@H]3C2)c1OC. The van der Waals surface area contributed by atoms with Gasteiger partial charge in [-0.15, -0.1) is 0 Å². The van der Waals surface area contributed by atoms with E-state index in [0.717, 1.165) is 13.0 Å². The quantitative estimate of drug-likeness (QED) is 0.834. The molecule has 2 aliphatic rings. The van der Waals surface area contributed by atoms with E-state index >= 15 is 0 Å². The van der Waals surface area contributed by atoms with E-state index in [1.807, 2.05) is 7.05 Å². The number of hydrogen-bond acceptors (Lipinski definition) is 5. The van der Waals surface area contributed by atoms with Crippen molar-refractivity contribution in [3.05, 3.63) is 23.5 Å². The number of nitrogens with zero attached hydrogens (tertiary/aromatic N) is 2. The minimum atomic E-state index is -0.604. The Labute approximate surface area is 141 Å². The van der Waals surface area contributed by atoms with Gasteiger partial charge in [0.2, 0.25) is 0 Å². The lowest BCUT2D eigenvalue weighted by Crippen LogP contribution is -2.59. The summed E-state index contributed by atoms with van der Waals surface area (Å²) in [6, 6.07) is 2.83. The van der Waals surface area contributed by atoms with Crippen LogP contribution in [0.5, 0.6) is 11.5 Å². The highest BCUT2D eigenvalue weighted by atomic mass is 19.1. The number of halogens is 1. The summed E-state index contributed by atoms with van der Waals surface area (Å²) in [5, 5.41) is 0. The molecule has 2 atom stereocenters. The van der Waals surface area contributed by atoms with Crippen LogP contribution in [0.1, 0.15) is 16.8 Å². The first-order chi connectivity index (χ1) is 11.6. The maximum Gasteiger partial charge on any atom is 0.260 e.